The number of epoxide rings is 1. The zero-order chi connectivity index (χ0) is 11.8. The average Bonchev–Trinajstić information content (AvgIpc) is 2.83. The van der Waals surface area contributed by atoms with E-state index in [4.69, 9.17) is 21.1 Å². The van der Waals surface area contributed by atoms with E-state index in [0.29, 0.717) is 13.0 Å². The number of hydrogen-bond acceptors (Lipinski definition) is 4. The van der Waals surface area contributed by atoms with Crippen LogP contribution in [0.4, 0.5) is 0 Å². The van der Waals surface area contributed by atoms with E-state index in [0.717, 1.165) is 19.3 Å². The quantitative estimate of drug-likeness (QED) is 0.434. The molecule has 0 aromatic heterocycles. The first-order valence-electron chi connectivity index (χ1n) is 5.67. The number of alkyl halides is 1. The highest BCUT2D eigenvalue weighted by Gasteiger charge is 2.75. The molecule has 3 atom stereocenters. The molecule has 0 bridgehead atoms. The third-order valence-electron chi connectivity index (χ3n) is 3.39. The lowest BCUT2D eigenvalue weighted by Gasteiger charge is -2.27. The summed E-state index contributed by atoms with van der Waals surface area (Å²) in [5, 5.41) is -1.27. The van der Waals surface area contributed by atoms with E-state index in [1.807, 2.05) is 6.92 Å². The number of carbonyl (C=O) groups is 1. The Morgan fingerprint density at radius 3 is 3.00 bits per heavy atom. The van der Waals surface area contributed by atoms with Crippen LogP contribution in [0.5, 0.6) is 0 Å². The number of methoxy groups -OCH3 is 1. The highest BCUT2D eigenvalue weighted by molar-refractivity contribution is 6.36. The zero-order valence-corrected chi connectivity index (χ0v) is 10.4. The van der Waals surface area contributed by atoms with Gasteiger partial charge in [0.25, 0.3) is 5.06 Å². The summed E-state index contributed by atoms with van der Waals surface area (Å²) in [4.78, 5) is 11.5. The van der Waals surface area contributed by atoms with Crippen LogP contribution in [0.1, 0.15) is 32.6 Å². The fourth-order valence-corrected chi connectivity index (χ4v) is 2.95. The van der Waals surface area contributed by atoms with Crippen LogP contribution in [0.2, 0.25) is 0 Å². The standard InChI is InChI=1S/C11H17ClO4/c1-3-15-8-5-4-6-10(7-8)11(12,16-10)9(13)14-2/h8H,3-7H2,1-2H3. The van der Waals surface area contributed by atoms with Gasteiger partial charge in [0.2, 0.25) is 0 Å². The first-order valence-corrected chi connectivity index (χ1v) is 6.05. The van der Waals surface area contributed by atoms with Crippen LogP contribution in [-0.4, -0.2) is 36.5 Å². The number of rotatable bonds is 3. The highest BCUT2D eigenvalue weighted by atomic mass is 35.5. The molecule has 2 fully saturated rings. The number of ether oxygens (including phenoxy) is 3. The Labute approximate surface area is 100 Å². The van der Waals surface area contributed by atoms with Gasteiger partial charge < -0.3 is 14.2 Å². The molecular formula is C11H17ClO4. The van der Waals surface area contributed by atoms with Crippen LogP contribution < -0.4 is 0 Å². The predicted molar refractivity (Wildman–Crippen MR) is 58.3 cm³/mol. The van der Waals surface area contributed by atoms with Crippen molar-refractivity contribution in [3.8, 4) is 0 Å². The van der Waals surface area contributed by atoms with Gasteiger partial charge in [0.15, 0.2) is 0 Å². The molecule has 16 heavy (non-hydrogen) atoms. The molecule has 0 aromatic rings. The first-order chi connectivity index (χ1) is 7.58. The van der Waals surface area contributed by atoms with Gasteiger partial charge in [-0.05, 0) is 26.2 Å². The molecule has 2 rings (SSSR count). The van der Waals surface area contributed by atoms with Crippen molar-refractivity contribution in [1.82, 2.24) is 0 Å². The van der Waals surface area contributed by atoms with Gasteiger partial charge in [-0.2, -0.15) is 0 Å². The molecule has 1 spiro atoms. The van der Waals surface area contributed by atoms with Crippen LogP contribution in [0.25, 0.3) is 0 Å². The van der Waals surface area contributed by atoms with Crippen molar-refractivity contribution in [2.45, 2.75) is 49.4 Å². The van der Waals surface area contributed by atoms with Crippen molar-refractivity contribution in [1.29, 1.82) is 0 Å². The molecule has 0 N–H and O–H groups in total. The maximum absolute atomic E-state index is 11.5. The molecule has 5 heteroatoms. The summed E-state index contributed by atoms with van der Waals surface area (Å²) < 4.78 is 15.7. The maximum Gasteiger partial charge on any atom is 0.357 e. The molecule has 92 valence electrons. The molecule has 1 aliphatic carbocycles. The Morgan fingerprint density at radius 1 is 1.62 bits per heavy atom. The van der Waals surface area contributed by atoms with E-state index in [9.17, 15) is 4.79 Å². The third kappa shape index (κ3) is 1.73. The number of halogens is 1. The minimum Gasteiger partial charge on any atom is -0.466 e. The summed E-state index contributed by atoms with van der Waals surface area (Å²) in [5.41, 5.74) is -0.556. The van der Waals surface area contributed by atoms with Crippen molar-refractivity contribution in [2.75, 3.05) is 13.7 Å². The van der Waals surface area contributed by atoms with Crippen LogP contribution in [0.15, 0.2) is 0 Å². The smallest absolute Gasteiger partial charge is 0.357 e. The molecule has 1 aliphatic heterocycles. The van der Waals surface area contributed by atoms with Crippen molar-refractivity contribution < 1.29 is 19.0 Å². The molecule has 2 aliphatic rings. The van der Waals surface area contributed by atoms with Crippen molar-refractivity contribution in [2.24, 2.45) is 0 Å². The lowest BCUT2D eigenvalue weighted by molar-refractivity contribution is -0.143. The molecule has 0 radical (unpaired) electrons. The molecule has 0 amide bonds. The second kappa shape index (κ2) is 4.17. The van der Waals surface area contributed by atoms with Crippen molar-refractivity contribution in [3.05, 3.63) is 0 Å². The van der Waals surface area contributed by atoms with E-state index in [-0.39, 0.29) is 6.10 Å². The second-order valence-electron chi connectivity index (χ2n) is 4.36. The van der Waals surface area contributed by atoms with Crippen molar-refractivity contribution in [3.63, 3.8) is 0 Å². The summed E-state index contributed by atoms with van der Waals surface area (Å²) in [6, 6.07) is 0. The number of hydrogen-bond donors (Lipinski definition) is 0. The minimum absolute atomic E-state index is 0.143. The van der Waals surface area contributed by atoms with Gasteiger partial charge in [-0.15, -0.1) is 0 Å². The Morgan fingerprint density at radius 2 is 2.38 bits per heavy atom. The predicted octanol–water partition coefficient (Wildman–Crippen LogP) is 1.84. The molecule has 0 aromatic carbocycles. The van der Waals surface area contributed by atoms with E-state index in [1.165, 1.54) is 7.11 Å². The summed E-state index contributed by atoms with van der Waals surface area (Å²) in [6.45, 7) is 2.64. The van der Waals surface area contributed by atoms with Gasteiger partial charge >= 0.3 is 5.97 Å². The van der Waals surface area contributed by atoms with Gasteiger partial charge in [0, 0.05) is 13.0 Å². The lowest BCUT2D eigenvalue weighted by atomic mass is 9.84. The minimum atomic E-state index is -1.27. The second-order valence-corrected chi connectivity index (χ2v) is 4.89. The monoisotopic (exact) mass is 248 g/mol. The Bertz CT molecular complexity index is 294. The van der Waals surface area contributed by atoms with Gasteiger partial charge in [0.1, 0.15) is 5.60 Å². The van der Waals surface area contributed by atoms with Gasteiger partial charge in [-0.3, -0.25) is 0 Å². The number of carbonyl (C=O) groups excluding carboxylic acids is 1. The molecule has 1 saturated heterocycles. The largest absolute Gasteiger partial charge is 0.466 e. The Balaban J connectivity index is 2.03. The molecule has 4 nitrogen and oxygen atoms in total. The van der Waals surface area contributed by atoms with Crippen LogP contribution in [0, 0.1) is 0 Å². The van der Waals surface area contributed by atoms with Crippen LogP contribution >= 0.6 is 11.6 Å². The Kier molecular flexibility index (Phi) is 3.16. The lowest BCUT2D eigenvalue weighted by Crippen LogP contribution is -2.37. The zero-order valence-electron chi connectivity index (χ0n) is 9.62. The molecule has 1 saturated carbocycles. The average molecular weight is 249 g/mol. The van der Waals surface area contributed by atoms with Crippen molar-refractivity contribution >= 4 is 17.6 Å². The molecule has 3 unspecified atom stereocenters. The highest BCUT2D eigenvalue weighted by Crippen LogP contribution is 2.59. The van der Waals surface area contributed by atoms with Gasteiger partial charge in [-0.25, -0.2) is 4.79 Å². The van der Waals surface area contributed by atoms with Gasteiger partial charge in [0.05, 0.1) is 13.2 Å². The Hall–Kier alpha value is -0.320. The molecule has 1 heterocycles. The van der Waals surface area contributed by atoms with E-state index >= 15 is 0 Å². The third-order valence-corrected chi connectivity index (χ3v) is 3.97. The van der Waals surface area contributed by atoms with Gasteiger partial charge in [-0.1, -0.05) is 11.6 Å². The van der Waals surface area contributed by atoms with Crippen LogP contribution in [0.3, 0.4) is 0 Å². The normalized spacial score (nSPS) is 42.1. The summed E-state index contributed by atoms with van der Waals surface area (Å²) in [7, 11) is 1.32. The summed E-state index contributed by atoms with van der Waals surface area (Å²) in [6.07, 6.45) is 3.60. The summed E-state index contributed by atoms with van der Waals surface area (Å²) >= 11 is 6.14. The molecular weight excluding hydrogens is 232 g/mol. The van der Waals surface area contributed by atoms with E-state index in [2.05, 4.69) is 4.74 Å². The van der Waals surface area contributed by atoms with E-state index < -0.39 is 16.6 Å². The fourth-order valence-electron chi connectivity index (χ4n) is 2.55. The number of esters is 1. The maximum atomic E-state index is 11.5. The summed E-state index contributed by atoms with van der Waals surface area (Å²) in [5.74, 6) is -0.494. The van der Waals surface area contributed by atoms with Crippen LogP contribution in [-0.2, 0) is 19.0 Å². The fraction of sp³-hybridized carbons (Fsp3) is 0.909. The first kappa shape index (κ1) is 12.1. The topological polar surface area (TPSA) is 48.1 Å². The SMILES string of the molecule is CCOC1CCCC2(C1)OC2(Cl)C(=O)OC. The van der Waals surface area contributed by atoms with E-state index in [1.54, 1.807) is 0 Å².